The van der Waals surface area contributed by atoms with Gasteiger partial charge in [-0.15, -0.1) is 11.6 Å². The number of ether oxygens (including phenoxy) is 1. The van der Waals surface area contributed by atoms with Gasteiger partial charge in [-0.25, -0.2) is 4.79 Å². The number of halogens is 1. The summed E-state index contributed by atoms with van der Waals surface area (Å²) < 4.78 is 4.79. The minimum absolute atomic E-state index is 0.0307. The van der Waals surface area contributed by atoms with Gasteiger partial charge in [0.2, 0.25) is 0 Å². The van der Waals surface area contributed by atoms with Gasteiger partial charge in [0, 0.05) is 12.5 Å². The van der Waals surface area contributed by atoms with E-state index in [1.165, 1.54) is 0 Å². The first-order chi connectivity index (χ1) is 7.31. The number of Topliss-reactive ketones (excluding diaryl/α,β-unsaturated/α-hetero) is 1. The maximum absolute atomic E-state index is 11.3. The number of ketones is 1. The molecule has 1 atom stereocenters. The first-order valence-corrected chi connectivity index (χ1v) is 5.85. The van der Waals surface area contributed by atoms with Crippen LogP contribution >= 0.6 is 11.6 Å². The second-order valence-corrected chi connectivity index (χ2v) is 4.93. The molecule has 1 amide bonds. The monoisotopic (exact) mass is 249 g/mol. The first-order valence-electron chi connectivity index (χ1n) is 5.32. The summed E-state index contributed by atoms with van der Waals surface area (Å²) in [6.07, 6.45) is -0.268. The molecule has 0 saturated heterocycles. The van der Waals surface area contributed by atoms with Crippen molar-refractivity contribution < 1.29 is 14.3 Å². The molecule has 0 rings (SSSR count). The molecule has 0 aromatic rings. The highest BCUT2D eigenvalue weighted by Crippen LogP contribution is 2.22. The third-order valence-electron chi connectivity index (χ3n) is 2.19. The normalized spacial score (nSPS) is 13.1. The fourth-order valence-electron chi connectivity index (χ4n) is 1.17. The molecule has 5 heteroatoms. The molecule has 0 aromatic carbocycles. The van der Waals surface area contributed by atoms with Crippen LogP contribution < -0.4 is 5.32 Å². The van der Waals surface area contributed by atoms with E-state index in [9.17, 15) is 9.59 Å². The standard InChI is InChI=1S/C11H20ClNO3/c1-5-16-10(15)13-9(11(2,3)4)6-8(14)7-12/h9H,5-7H2,1-4H3,(H,13,15). The summed E-state index contributed by atoms with van der Waals surface area (Å²) in [5.74, 6) is -0.115. The number of alkyl halides is 1. The molecule has 0 aliphatic carbocycles. The maximum atomic E-state index is 11.3. The first kappa shape index (κ1) is 15.2. The molecule has 0 aliphatic rings. The summed E-state index contributed by atoms with van der Waals surface area (Å²) in [4.78, 5) is 22.6. The van der Waals surface area contributed by atoms with Crippen LogP contribution in [0.2, 0.25) is 0 Å². The highest BCUT2D eigenvalue weighted by molar-refractivity contribution is 6.27. The van der Waals surface area contributed by atoms with Crippen molar-refractivity contribution in [2.24, 2.45) is 5.41 Å². The number of alkyl carbamates (subject to hydrolysis) is 1. The molecular weight excluding hydrogens is 230 g/mol. The van der Waals surface area contributed by atoms with Crippen LogP contribution in [0.4, 0.5) is 4.79 Å². The Kier molecular flexibility index (Phi) is 6.41. The molecule has 1 unspecified atom stereocenters. The highest BCUT2D eigenvalue weighted by atomic mass is 35.5. The predicted molar refractivity (Wildman–Crippen MR) is 63.7 cm³/mol. The van der Waals surface area contributed by atoms with Crippen molar-refractivity contribution in [3.8, 4) is 0 Å². The van der Waals surface area contributed by atoms with E-state index in [-0.39, 0.29) is 29.5 Å². The summed E-state index contributed by atoms with van der Waals surface area (Å²) in [5, 5.41) is 2.68. The Balaban J connectivity index is 4.44. The topological polar surface area (TPSA) is 55.4 Å². The summed E-state index contributed by atoms with van der Waals surface area (Å²) >= 11 is 5.45. The number of amides is 1. The molecule has 94 valence electrons. The van der Waals surface area contributed by atoms with Gasteiger partial charge in [-0.2, -0.15) is 0 Å². The molecule has 0 heterocycles. The third kappa shape index (κ3) is 5.95. The lowest BCUT2D eigenvalue weighted by Crippen LogP contribution is -2.45. The van der Waals surface area contributed by atoms with Gasteiger partial charge in [0.1, 0.15) is 5.78 Å². The number of carbonyl (C=O) groups is 2. The van der Waals surface area contributed by atoms with Gasteiger partial charge in [0.25, 0.3) is 0 Å². The molecule has 16 heavy (non-hydrogen) atoms. The predicted octanol–water partition coefficient (Wildman–Crippen LogP) is 2.35. The molecule has 4 nitrogen and oxygen atoms in total. The number of carbonyl (C=O) groups excluding carboxylic acids is 2. The van der Waals surface area contributed by atoms with Crippen molar-refractivity contribution in [3.63, 3.8) is 0 Å². The minimum Gasteiger partial charge on any atom is -0.450 e. The lowest BCUT2D eigenvalue weighted by atomic mass is 9.84. The van der Waals surface area contributed by atoms with Gasteiger partial charge in [-0.1, -0.05) is 20.8 Å². The third-order valence-corrected chi connectivity index (χ3v) is 2.49. The fourth-order valence-corrected chi connectivity index (χ4v) is 1.28. The summed E-state index contributed by atoms with van der Waals surface area (Å²) in [7, 11) is 0. The average molecular weight is 250 g/mol. The van der Waals surface area contributed by atoms with E-state index in [1.807, 2.05) is 20.8 Å². The molecule has 0 fully saturated rings. The zero-order valence-electron chi connectivity index (χ0n) is 10.3. The van der Waals surface area contributed by atoms with E-state index in [2.05, 4.69) is 5.32 Å². The van der Waals surface area contributed by atoms with Gasteiger partial charge in [-0.05, 0) is 12.3 Å². The van der Waals surface area contributed by atoms with Crippen molar-refractivity contribution in [2.45, 2.75) is 40.2 Å². The second kappa shape index (κ2) is 6.74. The number of hydrogen-bond donors (Lipinski definition) is 1. The Bertz CT molecular complexity index is 248. The van der Waals surface area contributed by atoms with Crippen LogP contribution in [0.25, 0.3) is 0 Å². The van der Waals surface area contributed by atoms with E-state index in [1.54, 1.807) is 6.92 Å². The molecule has 0 radical (unpaired) electrons. The lowest BCUT2D eigenvalue weighted by molar-refractivity contribution is -0.117. The average Bonchev–Trinajstić information content (AvgIpc) is 2.15. The molecular formula is C11H20ClNO3. The minimum atomic E-state index is -0.496. The smallest absolute Gasteiger partial charge is 0.407 e. The fraction of sp³-hybridized carbons (Fsp3) is 0.818. The Morgan fingerprint density at radius 2 is 1.94 bits per heavy atom. The van der Waals surface area contributed by atoms with Crippen LogP contribution in [-0.2, 0) is 9.53 Å². The number of nitrogens with one attached hydrogen (secondary N) is 1. The van der Waals surface area contributed by atoms with Crippen molar-refractivity contribution in [1.82, 2.24) is 5.32 Å². The molecule has 0 spiro atoms. The zero-order valence-corrected chi connectivity index (χ0v) is 11.1. The van der Waals surface area contributed by atoms with Crippen LogP contribution in [-0.4, -0.2) is 30.4 Å². The van der Waals surface area contributed by atoms with Crippen molar-refractivity contribution in [3.05, 3.63) is 0 Å². The van der Waals surface area contributed by atoms with Crippen molar-refractivity contribution in [1.29, 1.82) is 0 Å². The van der Waals surface area contributed by atoms with Crippen LogP contribution in [0.3, 0.4) is 0 Å². The zero-order chi connectivity index (χ0) is 12.8. The maximum Gasteiger partial charge on any atom is 0.407 e. The molecule has 0 saturated carbocycles. The summed E-state index contributed by atoms with van der Waals surface area (Å²) in [6.45, 7) is 7.89. The van der Waals surface area contributed by atoms with Crippen LogP contribution in [0.5, 0.6) is 0 Å². The molecule has 1 N–H and O–H groups in total. The van der Waals surface area contributed by atoms with Gasteiger partial charge in [0.05, 0.1) is 12.5 Å². The number of hydrogen-bond acceptors (Lipinski definition) is 3. The van der Waals surface area contributed by atoms with Crippen molar-refractivity contribution >= 4 is 23.5 Å². The van der Waals surface area contributed by atoms with Gasteiger partial charge < -0.3 is 10.1 Å². The Hall–Kier alpha value is -0.770. The molecule has 0 aromatic heterocycles. The largest absolute Gasteiger partial charge is 0.450 e. The Labute approximate surface area is 102 Å². The van der Waals surface area contributed by atoms with E-state index in [0.717, 1.165) is 0 Å². The quantitative estimate of drug-likeness (QED) is 0.761. The Morgan fingerprint density at radius 1 is 1.38 bits per heavy atom. The molecule has 0 bridgehead atoms. The summed E-state index contributed by atoms with van der Waals surface area (Å²) in [5.41, 5.74) is -0.214. The SMILES string of the molecule is CCOC(=O)NC(CC(=O)CCl)C(C)(C)C. The van der Waals surface area contributed by atoms with Crippen LogP contribution in [0.15, 0.2) is 0 Å². The highest BCUT2D eigenvalue weighted by Gasteiger charge is 2.28. The van der Waals surface area contributed by atoms with Crippen LogP contribution in [0.1, 0.15) is 34.1 Å². The van der Waals surface area contributed by atoms with Crippen LogP contribution in [0, 0.1) is 5.41 Å². The van der Waals surface area contributed by atoms with Gasteiger partial charge >= 0.3 is 6.09 Å². The van der Waals surface area contributed by atoms with E-state index >= 15 is 0 Å². The second-order valence-electron chi connectivity index (χ2n) is 4.66. The Morgan fingerprint density at radius 3 is 2.31 bits per heavy atom. The summed E-state index contributed by atoms with van der Waals surface area (Å²) in [6, 6.07) is -0.266. The number of rotatable bonds is 5. The van der Waals surface area contributed by atoms with Gasteiger partial charge in [0.15, 0.2) is 0 Å². The van der Waals surface area contributed by atoms with E-state index in [0.29, 0.717) is 6.61 Å². The van der Waals surface area contributed by atoms with Crippen molar-refractivity contribution in [2.75, 3.05) is 12.5 Å². The van der Waals surface area contributed by atoms with E-state index < -0.39 is 6.09 Å². The molecule has 0 aliphatic heterocycles. The van der Waals surface area contributed by atoms with E-state index in [4.69, 9.17) is 16.3 Å². The lowest BCUT2D eigenvalue weighted by Gasteiger charge is -2.30. The van der Waals surface area contributed by atoms with Gasteiger partial charge in [-0.3, -0.25) is 4.79 Å².